The Morgan fingerprint density at radius 2 is 1.71 bits per heavy atom. The molecule has 1 heterocycles. The molecule has 198 valence electrons. The van der Waals surface area contributed by atoms with Gasteiger partial charge in [-0.15, -0.1) is 0 Å². The summed E-state index contributed by atoms with van der Waals surface area (Å²) in [6.07, 6.45) is 1.40. The summed E-state index contributed by atoms with van der Waals surface area (Å²) in [5.41, 5.74) is 2.86. The third-order valence-corrected chi connectivity index (χ3v) is 6.79. The molecule has 3 aromatic carbocycles. The summed E-state index contributed by atoms with van der Waals surface area (Å²) in [5, 5.41) is 3.63. The molecule has 1 atom stereocenters. The highest BCUT2D eigenvalue weighted by molar-refractivity contribution is 5.90. The monoisotopic (exact) mass is 512 g/mol. The molecule has 7 heteroatoms. The van der Waals surface area contributed by atoms with Crippen LogP contribution >= 0.6 is 0 Å². The molecule has 0 aliphatic heterocycles. The van der Waals surface area contributed by atoms with Crippen LogP contribution in [0.4, 0.5) is 10.5 Å². The van der Waals surface area contributed by atoms with E-state index >= 15 is 0 Å². The van der Waals surface area contributed by atoms with Crippen molar-refractivity contribution in [3.8, 4) is 11.4 Å². The van der Waals surface area contributed by atoms with E-state index in [1.807, 2.05) is 85.5 Å². The number of urea groups is 1. The average molecular weight is 513 g/mol. The van der Waals surface area contributed by atoms with Crippen LogP contribution in [0.25, 0.3) is 16.6 Å². The van der Waals surface area contributed by atoms with Crippen LogP contribution in [-0.2, 0) is 0 Å². The van der Waals surface area contributed by atoms with Crippen molar-refractivity contribution in [3.63, 3.8) is 0 Å². The highest BCUT2D eigenvalue weighted by atomic mass is 16.5. The second kappa shape index (κ2) is 11.9. The Bertz CT molecular complexity index is 1460. The van der Waals surface area contributed by atoms with Crippen molar-refractivity contribution in [1.82, 2.24) is 14.5 Å². The summed E-state index contributed by atoms with van der Waals surface area (Å²) in [6, 6.07) is 21.8. The van der Waals surface area contributed by atoms with Gasteiger partial charge in [0.05, 0.1) is 29.7 Å². The van der Waals surface area contributed by atoms with Crippen LogP contribution < -0.4 is 15.6 Å². The van der Waals surface area contributed by atoms with E-state index in [1.54, 1.807) is 17.7 Å². The summed E-state index contributed by atoms with van der Waals surface area (Å²) in [6.45, 7) is 8.80. The van der Waals surface area contributed by atoms with Crippen LogP contribution in [-0.4, -0.2) is 34.1 Å². The molecule has 1 N–H and O–H groups in total. The molecule has 1 aromatic heterocycles. The fourth-order valence-electron chi connectivity index (χ4n) is 4.59. The van der Waals surface area contributed by atoms with Gasteiger partial charge >= 0.3 is 6.03 Å². The molecule has 0 fully saturated rings. The number of methoxy groups -OCH3 is 1. The lowest BCUT2D eigenvalue weighted by atomic mass is 10.1. The number of amides is 2. The zero-order chi connectivity index (χ0) is 27.2. The number of rotatable bonds is 9. The number of aryl methyl sites for hydroxylation is 1. The minimum atomic E-state index is -0.433. The predicted molar refractivity (Wildman–Crippen MR) is 153 cm³/mol. The van der Waals surface area contributed by atoms with E-state index in [-0.39, 0.29) is 11.6 Å². The van der Waals surface area contributed by atoms with E-state index in [0.29, 0.717) is 47.0 Å². The SMILES string of the molecule is CCC(c1nc2ccccc2c(=O)n1-c1ccc(OC)cc1)N(CCC(C)C)C(=O)Nc1ccccc1C. The normalized spacial score (nSPS) is 11.9. The fraction of sp³-hybridized carbons (Fsp3) is 0.323. The number of benzene rings is 3. The first-order valence-electron chi connectivity index (χ1n) is 13.1. The van der Waals surface area contributed by atoms with Crippen LogP contribution in [0.3, 0.4) is 0 Å². The zero-order valence-corrected chi connectivity index (χ0v) is 22.8. The van der Waals surface area contributed by atoms with E-state index in [0.717, 1.165) is 17.7 Å². The number of hydrogen-bond donors (Lipinski definition) is 1. The summed E-state index contributed by atoms with van der Waals surface area (Å²) in [7, 11) is 1.61. The predicted octanol–water partition coefficient (Wildman–Crippen LogP) is 6.73. The minimum absolute atomic E-state index is 0.169. The van der Waals surface area contributed by atoms with E-state index < -0.39 is 6.04 Å². The van der Waals surface area contributed by atoms with Crippen LogP contribution in [0.15, 0.2) is 77.6 Å². The lowest BCUT2D eigenvalue weighted by Gasteiger charge is -2.33. The highest BCUT2D eigenvalue weighted by Gasteiger charge is 2.29. The first-order chi connectivity index (χ1) is 18.3. The van der Waals surface area contributed by atoms with Gasteiger partial charge in [0, 0.05) is 12.2 Å². The Labute approximate surface area is 224 Å². The van der Waals surface area contributed by atoms with Gasteiger partial charge in [0.25, 0.3) is 5.56 Å². The second-order valence-electron chi connectivity index (χ2n) is 9.87. The lowest BCUT2D eigenvalue weighted by Crippen LogP contribution is -2.41. The maximum atomic E-state index is 13.9. The molecule has 4 rings (SSSR count). The molecule has 1 unspecified atom stereocenters. The quantitative estimate of drug-likeness (QED) is 0.270. The summed E-state index contributed by atoms with van der Waals surface area (Å²) in [5.74, 6) is 1.62. The van der Waals surface area contributed by atoms with Gasteiger partial charge in [0.1, 0.15) is 11.6 Å². The van der Waals surface area contributed by atoms with Gasteiger partial charge in [-0.2, -0.15) is 0 Å². The third-order valence-electron chi connectivity index (χ3n) is 6.79. The molecular weight excluding hydrogens is 476 g/mol. The zero-order valence-electron chi connectivity index (χ0n) is 22.8. The van der Waals surface area contributed by atoms with Crippen molar-refractivity contribution < 1.29 is 9.53 Å². The van der Waals surface area contributed by atoms with Crippen molar-refractivity contribution in [1.29, 1.82) is 0 Å². The standard InChI is InChI=1S/C31H36N4O3/c1-6-28(34(20-19-21(2)3)31(37)33-26-13-9-7-11-22(26)4)29-32-27-14-10-8-12-25(27)30(36)35(29)23-15-17-24(38-5)18-16-23/h7-18,21,28H,6,19-20H2,1-5H3,(H,33,37). The van der Waals surface area contributed by atoms with Crippen LogP contribution in [0.5, 0.6) is 5.75 Å². The Hall–Kier alpha value is -4.13. The van der Waals surface area contributed by atoms with Crippen molar-refractivity contribution in [2.45, 2.75) is 46.6 Å². The number of nitrogens with zero attached hydrogens (tertiary/aromatic N) is 3. The van der Waals surface area contributed by atoms with E-state index in [2.05, 4.69) is 19.2 Å². The number of nitrogens with one attached hydrogen (secondary N) is 1. The van der Waals surface area contributed by atoms with Crippen molar-refractivity contribution in [2.75, 3.05) is 19.0 Å². The Morgan fingerprint density at radius 3 is 2.37 bits per heavy atom. The number of ether oxygens (including phenoxy) is 1. The molecule has 0 saturated carbocycles. The molecule has 0 spiro atoms. The summed E-state index contributed by atoms with van der Waals surface area (Å²) in [4.78, 5) is 34.5. The van der Waals surface area contributed by atoms with Crippen LogP contribution in [0, 0.1) is 12.8 Å². The van der Waals surface area contributed by atoms with E-state index in [9.17, 15) is 9.59 Å². The van der Waals surface area contributed by atoms with Crippen molar-refractivity contribution in [3.05, 3.63) is 94.5 Å². The van der Waals surface area contributed by atoms with E-state index in [1.165, 1.54) is 0 Å². The smallest absolute Gasteiger partial charge is 0.322 e. The first kappa shape index (κ1) is 26.9. The van der Waals surface area contributed by atoms with Gasteiger partial charge in [-0.05, 0) is 73.7 Å². The lowest BCUT2D eigenvalue weighted by molar-refractivity contribution is 0.176. The maximum Gasteiger partial charge on any atom is 0.322 e. The largest absolute Gasteiger partial charge is 0.497 e. The fourth-order valence-corrected chi connectivity index (χ4v) is 4.59. The molecule has 0 radical (unpaired) electrons. The average Bonchev–Trinajstić information content (AvgIpc) is 2.92. The van der Waals surface area contributed by atoms with Gasteiger partial charge in [-0.25, -0.2) is 9.78 Å². The molecule has 0 bridgehead atoms. The Kier molecular flexibility index (Phi) is 8.46. The second-order valence-corrected chi connectivity index (χ2v) is 9.87. The minimum Gasteiger partial charge on any atom is -0.497 e. The molecule has 0 aliphatic carbocycles. The number of aromatic nitrogens is 2. The van der Waals surface area contributed by atoms with E-state index in [4.69, 9.17) is 9.72 Å². The Balaban J connectivity index is 1.87. The first-order valence-corrected chi connectivity index (χ1v) is 13.1. The van der Waals surface area contributed by atoms with Crippen LogP contribution in [0.1, 0.15) is 51.0 Å². The third kappa shape index (κ3) is 5.72. The molecule has 7 nitrogen and oxygen atoms in total. The molecule has 38 heavy (non-hydrogen) atoms. The van der Waals surface area contributed by atoms with Crippen molar-refractivity contribution in [2.24, 2.45) is 5.92 Å². The number of carbonyl (C=O) groups is 1. The summed E-state index contributed by atoms with van der Waals surface area (Å²) < 4.78 is 6.97. The number of anilines is 1. The number of carbonyl (C=O) groups excluding carboxylic acids is 1. The van der Waals surface area contributed by atoms with Gasteiger partial charge in [-0.3, -0.25) is 9.36 Å². The summed E-state index contributed by atoms with van der Waals surface area (Å²) >= 11 is 0. The maximum absolute atomic E-state index is 13.9. The van der Waals surface area contributed by atoms with Gasteiger partial charge in [-0.1, -0.05) is 51.1 Å². The number of fused-ring (bicyclic) bond motifs is 1. The number of hydrogen-bond acceptors (Lipinski definition) is 4. The molecule has 4 aromatic rings. The molecular formula is C31H36N4O3. The van der Waals surface area contributed by atoms with Gasteiger partial charge in [0.2, 0.25) is 0 Å². The molecule has 0 saturated heterocycles. The van der Waals surface area contributed by atoms with Gasteiger partial charge in [0.15, 0.2) is 0 Å². The van der Waals surface area contributed by atoms with Gasteiger partial charge < -0.3 is 15.0 Å². The highest BCUT2D eigenvalue weighted by Crippen LogP contribution is 2.28. The topological polar surface area (TPSA) is 76.5 Å². The number of para-hydroxylation sites is 2. The Morgan fingerprint density at radius 1 is 1.03 bits per heavy atom. The van der Waals surface area contributed by atoms with Crippen molar-refractivity contribution >= 4 is 22.6 Å². The van der Waals surface area contributed by atoms with Crippen LogP contribution in [0.2, 0.25) is 0 Å². The molecule has 0 aliphatic rings. The molecule has 2 amide bonds.